The van der Waals surface area contributed by atoms with Gasteiger partial charge in [0.15, 0.2) is 5.69 Å². The fourth-order valence-corrected chi connectivity index (χ4v) is 4.07. The van der Waals surface area contributed by atoms with Crippen molar-refractivity contribution in [1.82, 2.24) is 14.7 Å². The Morgan fingerprint density at radius 2 is 2.00 bits per heavy atom. The van der Waals surface area contributed by atoms with Crippen molar-refractivity contribution in [2.24, 2.45) is 7.05 Å². The molecular formula is C25H20FN5O4. The molecule has 0 spiro atoms. The molecule has 2 N–H and O–H groups in total. The van der Waals surface area contributed by atoms with Crippen LogP contribution in [0.25, 0.3) is 0 Å². The molecule has 176 valence electrons. The predicted octanol–water partition coefficient (Wildman–Crippen LogP) is 3.67. The van der Waals surface area contributed by atoms with E-state index in [1.54, 1.807) is 6.92 Å². The summed E-state index contributed by atoms with van der Waals surface area (Å²) in [5, 5.41) is 26.0. The SMILES string of the molecule is C[C@@H](c1nc(C(=O)Nc2cnoc2)c(O)c(=O)n1C)[C@@H](c1ccccc1)c1ccc(F)cc1C#N. The molecule has 0 saturated carbocycles. The molecule has 4 rings (SSSR count). The van der Waals surface area contributed by atoms with Crippen molar-refractivity contribution in [3.05, 3.63) is 105 Å². The minimum atomic E-state index is -0.826. The van der Waals surface area contributed by atoms with Gasteiger partial charge in [0.05, 0.1) is 17.8 Å². The Bertz CT molecular complexity index is 1480. The summed E-state index contributed by atoms with van der Waals surface area (Å²) < 4.78 is 19.7. The quantitative estimate of drug-likeness (QED) is 0.436. The first-order valence-electron chi connectivity index (χ1n) is 10.6. The Labute approximate surface area is 199 Å². The van der Waals surface area contributed by atoms with Crippen LogP contribution in [0.2, 0.25) is 0 Å². The maximum absolute atomic E-state index is 13.9. The van der Waals surface area contributed by atoms with Crippen LogP contribution in [0, 0.1) is 17.1 Å². The van der Waals surface area contributed by atoms with Gasteiger partial charge in [0.25, 0.3) is 11.5 Å². The number of halogens is 1. The van der Waals surface area contributed by atoms with Crippen molar-refractivity contribution in [3.8, 4) is 11.8 Å². The molecule has 9 nitrogen and oxygen atoms in total. The van der Waals surface area contributed by atoms with Crippen LogP contribution in [-0.2, 0) is 7.05 Å². The zero-order valence-corrected chi connectivity index (χ0v) is 18.8. The van der Waals surface area contributed by atoms with Gasteiger partial charge < -0.3 is 14.9 Å². The molecular weight excluding hydrogens is 453 g/mol. The van der Waals surface area contributed by atoms with Gasteiger partial charge in [-0.1, -0.05) is 48.5 Å². The predicted molar refractivity (Wildman–Crippen MR) is 123 cm³/mol. The lowest BCUT2D eigenvalue weighted by atomic mass is 9.79. The highest BCUT2D eigenvalue weighted by molar-refractivity contribution is 6.04. The summed E-state index contributed by atoms with van der Waals surface area (Å²) >= 11 is 0. The average molecular weight is 473 g/mol. The number of hydrogen-bond donors (Lipinski definition) is 2. The van der Waals surface area contributed by atoms with E-state index in [9.17, 15) is 24.3 Å². The average Bonchev–Trinajstić information content (AvgIpc) is 3.37. The molecule has 0 radical (unpaired) electrons. The van der Waals surface area contributed by atoms with Gasteiger partial charge in [0.2, 0.25) is 5.75 Å². The van der Waals surface area contributed by atoms with Crippen molar-refractivity contribution in [2.75, 3.05) is 5.32 Å². The molecule has 2 aromatic carbocycles. The van der Waals surface area contributed by atoms with Gasteiger partial charge in [-0.05, 0) is 23.3 Å². The molecule has 0 aliphatic rings. The second kappa shape index (κ2) is 9.61. The third kappa shape index (κ3) is 4.52. The van der Waals surface area contributed by atoms with Crippen LogP contribution in [0.15, 0.2) is 70.3 Å². The highest BCUT2D eigenvalue weighted by Gasteiger charge is 2.30. The molecule has 10 heteroatoms. The lowest BCUT2D eigenvalue weighted by Crippen LogP contribution is -2.29. The minimum Gasteiger partial charge on any atom is -0.501 e. The maximum atomic E-state index is 13.9. The number of benzene rings is 2. The second-order valence-electron chi connectivity index (χ2n) is 7.92. The lowest BCUT2D eigenvalue weighted by molar-refractivity contribution is 0.101. The van der Waals surface area contributed by atoms with Gasteiger partial charge >= 0.3 is 0 Å². The minimum absolute atomic E-state index is 0.139. The molecule has 2 atom stereocenters. The van der Waals surface area contributed by atoms with Crippen molar-refractivity contribution < 1.29 is 18.8 Å². The van der Waals surface area contributed by atoms with Crippen molar-refractivity contribution in [3.63, 3.8) is 0 Å². The Kier molecular flexibility index (Phi) is 6.42. The first-order valence-corrected chi connectivity index (χ1v) is 10.6. The lowest BCUT2D eigenvalue weighted by Gasteiger charge is -2.27. The van der Waals surface area contributed by atoms with Crippen LogP contribution in [-0.4, -0.2) is 25.7 Å². The Morgan fingerprint density at radius 3 is 2.66 bits per heavy atom. The normalized spacial score (nSPS) is 12.5. The number of amides is 1. The van der Waals surface area contributed by atoms with Gasteiger partial charge in [0, 0.05) is 18.9 Å². The fraction of sp³-hybridized carbons (Fsp3) is 0.160. The number of aromatic nitrogens is 3. The maximum Gasteiger partial charge on any atom is 0.296 e. The van der Waals surface area contributed by atoms with Crippen LogP contribution in [0.3, 0.4) is 0 Å². The van der Waals surface area contributed by atoms with Gasteiger partial charge in [-0.25, -0.2) is 9.37 Å². The monoisotopic (exact) mass is 473 g/mol. The Morgan fingerprint density at radius 1 is 1.26 bits per heavy atom. The van der Waals surface area contributed by atoms with Crippen molar-refractivity contribution in [1.29, 1.82) is 5.26 Å². The number of nitriles is 1. The molecule has 0 fully saturated rings. The third-order valence-corrected chi connectivity index (χ3v) is 5.74. The van der Waals surface area contributed by atoms with Crippen LogP contribution < -0.4 is 10.9 Å². The summed E-state index contributed by atoms with van der Waals surface area (Å²) in [6, 6.07) is 15.2. The molecule has 1 amide bonds. The fourth-order valence-electron chi connectivity index (χ4n) is 4.07. The van der Waals surface area contributed by atoms with E-state index >= 15 is 0 Å². The van der Waals surface area contributed by atoms with Gasteiger partial charge in [-0.15, -0.1) is 0 Å². The van der Waals surface area contributed by atoms with E-state index in [1.807, 2.05) is 36.4 Å². The van der Waals surface area contributed by atoms with Crippen LogP contribution in [0.5, 0.6) is 5.75 Å². The summed E-state index contributed by atoms with van der Waals surface area (Å²) in [6.07, 6.45) is 2.44. The summed E-state index contributed by atoms with van der Waals surface area (Å²) in [5.41, 5.74) is 0.399. The Hall–Kier alpha value is -4.78. The van der Waals surface area contributed by atoms with E-state index in [0.717, 1.165) is 16.2 Å². The molecule has 0 bridgehead atoms. The molecule has 0 aliphatic heterocycles. The summed E-state index contributed by atoms with van der Waals surface area (Å²) in [4.78, 5) is 30.0. The Balaban J connectivity index is 1.87. The number of hydrogen-bond acceptors (Lipinski definition) is 7. The molecule has 0 unspecified atom stereocenters. The zero-order valence-electron chi connectivity index (χ0n) is 18.8. The first kappa shape index (κ1) is 23.4. The van der Waals surface area contributed by atoms with E-state index in [-0.39, 0.29) is 17.1 Å². The first-order chi connectivity index (χ1) is 16.8. The van der Waals surface area contributed by atoms with Crippen LogP contribution in [0.4, 0.5) is 10.1 Å². The topological polar surface area (TPSA) is 134 Å². The summed E-state index contributed by atoms with van der Waals surface area (Å²) in [7, 11) is 1.43. The molecule has 35 heavy (non-hydrogen) atoms. The number of carbonyl (C=O) groups is 1. The molecule has 2 aromatic heterocycles. The van der Waals surface area contributed by atoms with Gasteiger partial charge in [-0.2, -0.15) is 5.26 Å². The van der Waals surface area contributed by atoms with E-state index in [1.165, 1.54) is 31.6 Å². The highest BCUT2D eigenvalue weighted by Crippen LogP contribution is 2.39. The molecule has 0 aliphatic carbocycles. The number of rotatable bonds is 6. The number of nitrogens with one attached hydrogen (secondary N) is 1. The summed E-state index contributed by atoms with van der Waals surface area (Å²) in [6.45, 7) is 1.78. The summed E-state index contributed by atoms with van der Waals surface area (Å²) in [5.74, 6) is -3.10. The largest absolute Gasteiger partial charge is 0.501 e. The smallest absolute Gasteiger partial charge is 0.296 e. The number of anilines is 1. The van der Waals surface area contributed by atoms with Gasteiger partial charge in [-0.3, -0.25) is 14.2 Å². The van der Waals surface area contributed by atoms with E-state index in [4.69, 9.17) is 0 Å². The van der Waals surface area contributed by atoms with Crippen LogP contribution in [0.1, 0.15) is 51.8 Å². The third-order valence-electron chi connectivity index (χ3n) is 5.74. The highest BCUT2D eigenvalue weighted by atomic mass is 19.1. The van der Waals surface area contributed by atoms with Crippen molar-refractivity contribution >= 4 is 11.6 Å². The molecule has 2 heterocycles. The van der Waals surface area contributed by atoms with Gasteiger partial charge in [0.1, 0.15) is 23.6 Å². The second-order valence-corrected chi connectivity index (χ2v) is 7.92. The van der Waals surface area contributed by atoms with Crippen molar-refractivity contribution in [2.45, 2.75) is 18.8 Å². The van der Waals surface area contributed by atoms with E-state index < -0.39 is 40.6 Å². The number of nitrogens with zero attached hydrogens (tertiary/aromatic N) is 4. The standard InChI is InChI=1S/C25H20FN5O4/c1-14(20(15-6-4-3-5-7-15)19-9-8-17(26)10-16(19)11-27)23-30-21(22(32)25(34)31(23)2)24(33)29-18-12-28-35-13-18/h3-10,12-14,20,32H,1-2H3,(H,29,33)/t14-,20+/m1/s1. The zero-order chi connectivity index (χ0) is 25.1. The van der Waals surface area contributed by atoms with E-state index in [0.29, 0.717) is 5.56 Å². The van der Waals surface area contributed by atoms with Crippen LogP contribution >= 0.6 is 0 Å². The van der Waals surface area contributed by atoms with E-state index in [2.05, 4.69) is 20.0 Å². The molecule has 0 saturated heterocycles. The molecule has 4 aromatic rings. The number of aromatic hydroxyl groups is 1. The number of carbonyl (C=O) groups excluding carboxylic acids is 1.